The molecule has 5 rings (SSSR count). The van der Waals surface area contributed by atoms with Crippen molar-refractivity contribution in [1.82, 2.24) is 20.6 Å². The largest absolute Gasteiger partial charge is 0.491 e. The number of aromatic nitrogens is 2. The molecule has 200 valence electrons. The zero-order valence-corrected chi connectivity index (χ0v) is 22.6. The van der Waals surface area contributed by atoms with E-state index in [9.17, 15) is 0 Å². The van der Waals surface area contributed by atoms with Crippen LogP contribution in [0.5, 0.6) is 11.5 Å². The molecule has 2 atom stereocenters. The van der Waals surface area contributed by atoms with E-state index in [1.165, 1.54) is 63.6 Å². The van der Waals surface area contributed by atoms with Crippen molar-refractivity contribution >= 4 is 22.6 Å². The van der Waals surface area contributed by atoms with E-state index >= 15 is 0 Å². The Kier molecular flexibility index (Phi) is 9.60. The van der Waals surface area contributed by atoms with E-state index < -0.39 is 0 Å². The number of fused-ring (bicyclic) bond motifs is 1. The minimum Gasteiger partial charge on any atom is -0.491 e. The van der Waals surface area contributed by atoms with Gasteiger partial charge in [-0.05, 0) is 132 Å². The Hall–Kier alpha value is -2.28. The number of halogens is 1. The van der Waals surface area contributed by atoms with Crippen molar-refractivity contribution in [3.8, 4) is 11.5 Å². The highest BCUT2D eigenvalue weighted by Gasteiger charge is 2.17. The van der Waals surface area contributed by atoms with Crippen LogP contribution in [-0.4, -0.2) is 42.8 Å². The number of H-pyrrole nitrogens is 1. The Bertz CT molecular complexity index is 1100. The highest BCUT2D eigenvalue weighted by Crippen LogP contribution is 2.31. The lowest BCUT2D eigenvalue weighted by Crippen LogP contribution is -2.29. The molecule has 0 amide bonds. The van der Waals surface area contributed by atoms with Crippen LogP contribution in [0.25, 0.3) is 11.0 Å². The fourth-order valence-electron chi connectivity index (χ4n) is 5.72. The van der Waals surface area contributed by atoms with E-state index in [1.54, 1.807) is 0 Å². The van der Waals surface area contributed by atoms with E-state index in [-0.39, 0.29) is 0 Å². The number of ether oxygens (including phenoxy) is 2. The van der Waals surface area contributed by atoms with Gasteiger partial charge >= 0.3 is 0 Å². The van der Waals surface area contributed by atoms with Crippen LogP contribution in [0.4, 0.5) is 0 Å². The summed E-state index contributed by atoms with van der Waals surface area (Å²) in [6.07, 6.45) is 11.0. The molecule has 0 spiro atoms. The summed E-state index contributed by atoms with van der Waals surface area (Å²) in [5.41, 5.74) is 3.19. The van der Waals surface area contributed by atoms with Gasteiger partial charge in [0, 0.05) is 5.02 Å². The topological polar surface area (TPSA) is 71.2 Å². The number of imidazole rings is 1. The summed E-state index contributed by atoms with van der Waals surface area (Å²) in [5, 5.41) is 7.78. The molecule has 0 radical (unpaired) electrons. The molecule has 2 aliphatic heterocycles. The lowest BCUT2D eigenvalue weighted by atomic mass is 9.93. The maximum atomic E-state index is 6.50. The molecule has 0 aliphatic carbocycles. The standard InChI is InChI=1S/C30H41ClN4O2/c31-25-11-13-26(14-12-25)37-21-28-34-27-15-10-24(9-1-5-22-6-2-16-32-19-22)30(29(27)35-28)36-18-4-8-23-7-3-17-33-20-23/h10-15,22-23,32-33H,1-9,16-21H2,(H,34,35). The summed E-state index contributed by atoms with van der Waals surface area (Å²) < 4.78 is 12.4. The van der Waals surface area contributed by atoms with Gasteiger partial charge in [-0.3, -0.25) is 0 Å². The van der Waals surface area contributed by atoms with Gasteiger partial charge in [0.05, 0.1) is 12.1 Å². The highest BCUT2D eigenvalue weighted by atomic mass is 35.5. The van der Waals surface area contributed by atoms with Crippen molar-refractivity contribution in [2.45, 2.75) is 64.4 Å². The SMILES string of the molecule is Clc1ccc(OCc2nc3c(OCCCC4CCCNC4)c(CCCC4CCCNC4)ccc3[nH]2)cc1. The number of benzene rings is 2. The van der Waals surface area contributed by atoms with Crippen LogP contribution in [0.1, 0.15) is 62.8 Å². The van der Waals surface area contributed by atoms with Gasteiger partial charge in [-0.1, -0.05) is 17.7 Å². The van der Waals surface area contributed by atoms with Crippen LogP contribution in [0.3, 0.4) is 0 Å². The zero-order chi connectivity index (χ0) is 25.3. The van der Waals surface area contributed by atoms with Crippen LogP contribution >= 0.6 is 11.6 Å². The van der Waals surface area contributed by atoms with Crippen molar-refractivity contribution in [3.63, 3.8) is 0 Å². The Morgan fingerprint density at radius 3 is 2.30 bits per heavy atom. The molecule has 3 heterocycles. The zero-order valence-electron chi connectivity index (χ0n) is 21.9. The molecule has 2 fully saturated rings. The molecule has 37 heavy (non-hydrogen) atoms. The second-order valence-electron chi connectivity index (χ2n) is 10.7. The number of rotatable bonds is 12. The average Bonchev–Trinajstić information content (AvgIpc) is 3.36. The molecule has 0 bridgehead atoms. The first-order valence-corrected chi connectivity index (χ1v) is 14.6. The van der Waals surface area contributed by atoms with Crippen molar-refractivity contribution in [2.24, 2.45) is 11.8 Å². The second-order valence-corrected chi connectivity index (χ2v) is 11.1. The average molecular weight is 525 g/mol. The van der Waals surface area contributed by atoms with Gasteiger partial charge in [-0.15, -0.1) is 0 Å². The van der Waals surface area contributed by atoms with E-state index in [2.05, 4.69) is 27.8 Å². The first kappa shape index (κ1) is 26.3. The highest BCUT2D eigenvalue weighted by molar-refractivity contribution is 6.30. The van der Waals surface area contributed by atoms with Crippen molar-refractivity contribution in [3.05, 3.63) is 52.8 Å². The fourth-order valence-corrected chi connectivity index (χ4v) is 5.85. The number of aryl methyl sites for hydroxylation is 1. The van der Waals surface area contributed by atoms with Gasteiger partial charge in [0.15, 0.2) is 0 Å². The van der Waals surface area contributed by atoms with Crippen LogP contribution in [-0.2, 0) is 13.0 Å². The van der Waals surface area contributed by atoms with E-state index in [0.29, 0.717) is 11.6 Å². The first-order valence-electron chi connectivity index (χ1n) is 14.2. The molecule has 1 aromatic heterocycles. The monoisotopic (exact) mass is 524 g/mol. The minimum atomic E-state index is 0.369. The van der Waals surface area contributed by atoms with Crippen molar-refractivity contribution in [2.75, 3.05) is 32.8 Å². The Labute approximate surface area is 225 Å². The molecule has 0 saturated carbocycles. The molecule has 2 unspecified atom stereocenters. The number of nitrogens with zero attached hydrogens (tertiary/aromatic N) is 1. The Morgan fingerprint density at radius 1 is 0.865 bits per heavy atom. The lowest BCUT2D eigenvalue weighted by molar-refractivity contribution is 0.275. The summed E-state index contributed by atoms with van der Waals surface area (Å²) in [6, 6.07) is 11.8. The van der Waals surface area contributed by atoms with E-state index in [0.717, 1.165) is 72.7 Å². The third-order valence-electron chi connectivity index (χ3n) is 7.79. The summed E-state index contributed by atoms with van der Waals surface area (Å²) in [4.78, 5) is 8.36. The molecule has 7 heteroatoms. The van der Waals surface area contributed by atoms with Gasteiger partial charge < -0.3 is 25.1 Å². The molecular weight excluding hydrogens is 484 g/mol. The number of nitrogens with one attached hydrogen (secondary N) is 3. The molecule has 3 N–H and O–H groups in total. The van der Waals surface area contributed by atoms with Gasteiger partial charge in [-0.25, -0.2) is 4.98 Å². The summed E-state index contributed by atoms with van der Waals surface area (Å²) >= 11 is 6.00. The normalized spacial score (nSPS) is 20.2. The fraction of sp³-hybridized carbons (Fsp3) is 0.567. The maximum Gasteiger partial charge on any atom is 0.150 e. The molecular formula is C30H41ClN4O2. The van der Waals surface area contributed by atoms with E-state index in [4.69, 9.17) is 26.1 Å². The third kappa shape index (κ3) is 7.62. The predicted octanol–water partition coefficient (Wildman–Crippen LogP) is 6.28. The van der Waals surface area contributed by atoms with Gasteiger partial charge in [-0.2, -0.15) is 0 Å². The number of hydrogen-bond acceptors (Lipinski definition) is 5. The number of aromatic amines is 1. The summed E-state index contributed by atoms with van der Waals surface area (Å²) in [6.45, 7) is 5.75. The van der Waals surface area contributed by atoms with Crippen LogP contribution in [0.2, 0.25) is 5.02 Å². The van der Waals surface area contributed by atoms with Crippen LogP contribution < -0.4 is 20.1 Å². The maximum absolute atomic E-state index is 6.50. The first-order chi connectivity index (χ1) is 18.2. The number of hydrogen-bond donors (Lipinski definition) is 3. The van der Waals surface area contributed by atoms with Crippen LogP contribution in [0.15, 0.2) is 36.4 Å². The predicted molar refractivity (Wildman–Crippen MR) is 151 cm³/mol. The van der Waals surface area contributed by atoms with Gasteiger partial charge in [0.1, 0.15) is 29.4 Å². The summed E-state index contributed by atoms with van der Waals surface area (Å²) in [7, 11) is 0. The van der Waals surface area contributed by atoms with Crippen molar-refractivity contribution in [1.29, 1.82) is 0 Å². The van der Waals surface area contributed by atoms with Gasteiger partial charge in [0.25, 0.3) is 0 Å². The van der Waals surface area contributed by atoms with Crippen molar-refractivity contribution < 1.29 is 9.47 Å². The molecule has 2 saturated heterocycles. The third-order valence-corrected chi connectivity index (χ3v) is 8.04. The molecule has 6 nitrogen and oxygen atoms in total. The van der Waals surface area contributed by atoms with E-state index in [1.807, 2.05) is 24.3 Å². The summed E-state index contributed by atoms with van der Waals surface area (Å²) in [5.74, 6) is 4.10. The minimum absolute atomic E-state index is 0.369. The smallest absolute Gasteiger partial charge is 0.150 e. The van der Waals surface area contributed by atoms with Crippen LogP contribution in [0, 0.1) is 11.8 Å². The lowest BCUT2D eigenvalue weighted by Gasteiger charge is -2.23. The van der Waals surface area contributed by atoms with Gasteiger partial charge in [0.2, 0.25) is 0 Å². The molecule has 2 aromatic carbocycles. The Balaban J connectivity index is 1.25. The number of piperidine rings is 2. The molecule has 2 aliphatic rings. The quantitative estimate of drug-likeness (QED) is 0.243. The second kappa shape index (κ2) is 13.5. The Morgan fingerprint density at radius 2 is 1.59 bits per heavy atom. The molecule has 3 aromatic rings.